The molecule has 2 aliphatic carbocycles. The molecule has 1 atom stereocenters. The summed E-state index contributed by atoms with van der Waals surface area (Å²) in [5, 5.41) is 2.64. The van der Waals surface area contributed by atoms with Crippen LogP contribution in [0, 0.1) is 11.9 Å². The van der Waals surface area contributed by atoms with Crippen molar-refractivity contribution < 1.29 is 23.2 Å². The lowest BCUT2D eigenvalue weighted by atomic mass is 9.88. The Hall–Kier alpha value is -7.30. The fourth-order valence-corrected chi connectivity index (χ4v) is 8.59. The van der Waals surface area contributed by atoms with Crippen molar-refractivity contribution in [3.8, 4) is 22.5 Å². The number of halogens is 2. The van der Waals surface area contributed by atoms with Gasteiger partial charge in [-0.3, -0.25) is 33.9 Å². The first-order valence-electron chi connectivity index (χ1n) is 21.1. The van der Waals surface area contributed by atoms with Crippen LogP contribution in [-0.4, -0.2) is 99.0 Å². The van der Waals surface area contributed by atoms with E-state index in [0.717, 1.165) is 62.1 Å². The topological polar surface area (TPSA) is 180 Å². The van der Waals surface area contributed by atoms with E-state index in [2.05, 4.69) is 45.2 Å². The van der Waals surface area contributed by atoms with Crippen LogP contribution in [0.5, 0.6) is 0 Å². The van der Waals surface area contributed by atoms with E-state index in [0.29, 0.717) is 37.7 Å². The third kappa shape index (κ3) is 8.37. The van der Waals surface area contributed by atoms with Crippen molar-refractivity contribution in [3.63, 3.8) is 0 Å². The summed E-state index contributed by atoms with van der Waals surface area (Å²) in [6, 6.07) is 9.46. The molecule has 3 fully saturated rings. The number of pyridine rings is 4. The molecular weight excluding hydrogens is 807 g/mol. The SMILES string of the molecule is O=C1CC2c3ccnc(-c4ccc(F)nc4)c3CCN2C(=O)CN1.O=C1CN=C(n2cnc(C3CC3)c2)C=C2c3ccnc(-c4ccc(F)nc4)c3CCN12.c1ncc(C2CC2)[nH]1. The van der Waals surface area contributed by atoms with Gasteiger partial charge in [-0.1, -0.05) is 0 Å². The maximum absolute atomic E-state index is 13.3. The molecule has 10 heterocycles. The van der Waals surface area contributed by atoms with E-state index >= 15 is 0 Å². The standard InChI is InChI=1S/C23H19FN6O.C17H15FN4O2.C6H8N2/c24-20-4-3-15(10-26-20)23-17-6-8-30-19(16(17)5-7-25-23)9-21(27-11-22(30)31)29-12-18(28-13-29)14-1-2-14;18-14-2-1-10(8-20-14)17-12-4-6-22-13(11(12)3-5-19-17)7-15(23)21-9-16(22)24;1-2-5(1)6-3-7-4-8-6/h3-5,7,9-10,12-14H,1-2,6,8,11H2;1-3,5,8,13H,4,6-7,9H2,(H,21,23);3-5H,1-2H2,(H,7,8). The van der Waals surface area contributed by atoms with Gasteiger partial charge in [-0.2, -0.15) is 8.78 Å². The molecule has 318 valence electrons. The molecule has 0 bridgehead atoms. The Morgan fingerprint density at radius 2 is 1.44 bits per heavy atom. The van der Waals surface area contributed by atoms with Gasteiger partial charge in [0, 0.05) is 90.6 Å². The zero-order valence-corrected chi connectivity index (χ0v) is 34.1. The summed E-state index contributed by atoms with van der Waals surface area (Å²) < 4.78 is 28.3. The first kappa shape index (κ1) is 39.8. The zero-order chi connectivity index (χ0) is 43.0. The van der Waals surface area contributed by atoms with Crippen LogP contribution in [0.15, 0.2) is 97.3 Å². The Morgan fingerprint density at radius 1 is 0.730 bits per heavy atom. The number of carbonyl (C=O) groups excluding carboxylic acids is 3. The van der Waals surface area contributed by atoms with E-state index in [1.165, 1.54) is 55.9 Å². The molecule has 63 heavy (non-hydrogen) atoms. The van der Waals surface area contributed by atoms with Crippen molar-refractivity contribution in [3.05, 3.63) is 138 Å². The van der Waals surface area contributed by atoms with Crippen LogP contribution >= 0.6 is 0 Å². The highest BCUT2D eigenvalue weighted by Gasteiger charge is 2.36. The predicted octanol–water partition coefficient (Wildman–Crippen LogP) is 5.56. The molecule has 0 spiro atoms. The van der Waals surface area contributed by atoms with Crippen molar-refractivity contribution in [1.29, 1.82) is 0 Å². The Morgan fingerprint density at radius 3 is 2.13 bits per heavy atom. The van der Waals surface area contributed by atoms with Crippen molar-refractivity contribution in [2.45, 2.75) is 62.8 Å². The molecule has 0 radical (unpaired) electrons. The lowest BCUT2D eigenvalue weighted by Gasteiger charge is -2.36. The monoisotopic (exact) mass is 848 g/mol. The van der Waals surface area contributed by atoms with Crippen molar-refractivity contribution in [2.75, 3.05) is 26.2 Å². The minimum absolute atomic E-state index is 0.0313. The van der Waals surface area contributed by atoms with Gasteiger partial charge in [0.15, 0.2) is 0 Å². The number of hydrogen-bond acceptors (Lipinski definition) is 10. The fraction of sp³-hybridized carbons (Fsp3) is 0.304. The van der Waals surface area contributed by atoms with Gasteiger partial charge in [0.2, 0.25) is 29.6 Å². The summed E-state index contributed by atoms with van der Waals surface area (Å²) in [4.78, 5) is 73.1. The molecule has 2 N–H and O–H groups in total. The third-order valence-corrected chi connectivity index (χ3v) is 12.1. The first-order chi connectivity index (χ1) is 30.8. The zero-order valence-electron chi connectivity index (χ0n) is 34.1. The van der Waals surface area contributed by atoms with Gasteiger partial charge in [-0.05, 0) is 91.6 Å². The number of allylic oxidation sites excluding steroid dienone is 1. The Labute approximate surface area is 360 Å². The van der Waals surface area contributed by atoms with Crippen molar-refractivity contribution in [2.24, 2.45) is 4.99 Å². The van der Waals surface area contributed by atoms with Crippen LogP contribution in [0.4, 0.5) is 8.78 Å². The molecule has 15 nitrogen and oxygen atoms in total. The average molecular weight is 849 g/mol. The minimum Gasteiger partial charge on any atom is -0.348 e. The maximum atomic E-state index is 13.3. The number of fused-ring (bicyclic) bond motifs is 6. The Bertz CT molecular complexity index is 2760. The quantitative estimate of drug-likeness (QED) is 0.215. The maximum Gasteiger partial charge on any atom is 0.248 e. The number of amides is 3. The second-order valence-corrected chi connectivity index (χ2v) is 16.2. The molecule has 6 aliphatic rings. The number of hydrogen-bond donors (Lipinski definition) is 2. The molecule has 6 aromatic rings. The van der Waals surface area contributed by atoms with E-state index in [1.807, 2.05) is 35.2 Å². The highest BCUT2D eigenvalue weighted by Crippen LogP contribution is 2.40. The predicted molar refractivity (Wildman–Crippen MR) is 226 cm³/mol. The van der Waals surface area contributed by atoms with E-state index < -0.39 is 11.9 Å². The van der Waals surface area contributed by atoms with E-state index in [4.69, 9.17) is 0 Å². The molecule has 6 aromatic heterocycles. The Balaban J connectivity index is 0.000000130. The molecule has 3 amide bonds. The highest BCUT2D eigenvalue weighted by molar-refractivity contribution is 6.06. The smallest absolute Gasteiger partial charge is 0.248 e. The number of nitrogens with zero attached hydrogens (tertiary/aromatic N) is 10. The summed E-state index contributed by atoms with van der Waals surface area (Å²) in [6.07, 6.45) is 22.3. The summed E-state index contributed by atoms with van der Waals surface area (Å²) in [7, 11) is 0. The van der Waals surface area contributed by atoms with Crippen LogP contribution in [0.3, 0.4) is 0 Å². The molecular formula is C46H42F2N12O3. The van der Waals surface area contributed by atoms with Gasteiger partial charge in [0.25, 0.3) is 0 Å². The number of aromatic amines is 1. The number of aromatic nitrogens is 8. The van der Waals surface area contributed by atoms with Gasteiger partial charge in [-0.25, -0.2) is 19.9 Å². The molecule has 17 heteroatoms. The van der Waals surface area contributed by atoms with Gasteiger partial charge in [0.05, 0.1) is 48.1 Å². The fourth-order valence-electron chi connectivity index (χ4n) is 8.59. The van der Waals surface area contributed by atoms with Crippen LogP contribution in [0.25, 0.3) is 28.2 Å². The van der Waals surface area contributed by atoms with Crippen LogP contribution < -0.4 is 5.32 Å². The molecule has 2 saturated carbocycles. The van der Waals surface area contributed by atoms with Crippen molar-refractivity contribution in [1.82, 2.24) is 54.6 Å². The number of carbonyl (C=O) groups is 3. The van der Waals surface area contributed by atoms with Crippen LogP contribution in [0.2, 0.25) is 0 Å². The first-order valence-corrected chi connectivity index (χ1v) is 21.1. The minimum atomic E-state index is -0.541. The lowest BCUT2D eigenvalue weighted by molar-refractivity contribution is -0.132. The third-order valence-electron chi connectivity index (χ3n) is 12.1. The Kier molecular flexibility index (Phi) is 10.7. The lowest BCUT2D eigenvalue weighted by Crippen LogP contribution is -2.41. The summed E-state index contributed by atoms with van der Waals surface area (Å²) >= 11 is 0. The van der Waals surface area contributed by atoms with Gasteiger partial charge in [0.1, 0.15) is 18.7 Å². The number of H-pyrrole nitrogens is 1. The summed E-state index contributed by atoms with van der Waals surface area (Å²) in [5.74, 6) is 0.758. The van der Waals surface area contributed by atoms with Crippen molar-refractivity contribution >= 4 is 29.3 Å². The van der Waals surface area contributed by atoms with Gasteiger partial charge in [-0.15, -0.1) is 0 Å². The normalized spacial score (nSPS) is 19.0. The molecule has 1 saturated heterocycles. The molecule has 12 rings (SSSR count). The molecule has 4 aliphatic heterocycles. The summed E-state index contributed by atoms with van der Waals surface area (Å²) in [6.45, 7) is 1.23. The second kappa shape index (κ2) is 16.9. The number of nitrogens with one attached hydrogen (secondary N) is 2. The summed E-state index contributed by atoms with van der Waals surface area (Å²) in [5.41, 5.74) is 10.1. The van der Waals surface area contributed by atoms with Gasteiger partial charge >= 0.3 is 0 Å². The highest BCUT2D eigenvalue weighted by atomic mass is 19.1. The second-order valence-electron chi connectivity index (χ2n) is 16.2. The number of rotatable bonds is 4. The largest absolute Gasteiger partial charge is 0.348 e. The van der Waals surface area contributed by atoms with Gasteiger partial charge < -0.3 is 20.1 Å². The van der Waals surface area contributed by atoms with E-state index in [9.17, 15) is 23.2 Å². The van der Waals surface area contributed by atoms with E-state index in [-0.39, 0.29) is 43.3 Å². The number of aliphatic imine (C=N–C) groups is 1. The van der Waals surface area contributed by atoms with E-state index in [1.54, 1.807) is 47.0 Å². The van der Waals surface area contributed by atoms with Crippen LogP contribution in [-0.2, 0) is 27.2 Å². The average Bonchev–Trinajstić information content (AvgIpc) is 4.25. The molecule has 0 aromatic carbocycles. The molecule has 1 unspecified atom stereocenters. The number of imidazole rings is 2. The van der Waals surface area contributed by atoms with Crippen LogP contribution in [0.1, 0.15) is 83.6 Å².